The van der Waals surface area contributed by atoms with E-state index in [1.54, 1.807) is 0 Å². The van der Waals surface area contributed by atoms with Crippen LogP contribution in [0.15, 0.2) is 0 Å². The summed E-state index contributed by atoms with van der Waals surface area (Å²) in [7, 11) is 1.25. The minimum atomic E-state index is -1.55. The molecule has 1 atom stereocenters. The molecule has 0 heterocycles. The average Bonchev–Trinajstić information content (AvgIpc) is 2.38. The Morgan fingerprint density at radius 2 is 2.05 bits per heavy atom. The Morgan fingerprint density at radius 1 is 1.47 bits per heavy atom. The molecule has 0 radical (unpaired) electrons. The lowest BCUT2D eigenvalue weighted by molar-refractivity contribution is -0.160. The molecule has 5 heteroatoms. The van der Waals surface area contributed by atoms with Crippen molar-refractivity contribution in [2.24, 2.45) is 5.92 Å². The van der Waals surface area contributed by atoms with Gasteiger partial charge in [-0.05, 0) is 38.5 Å². The first-order chi connectivity index (χ1) is 8.83. The molecule has 19 heavy (non-hydrogen) atoms. The van der Waals surface area contributed by atoms with Crippen molar-refractivity contribution in [2.45, 2.75) is 57.2 Å². The van der Waals surface area contributed by atoms with Crippen LogP contribution in [0.4, 0.5) is 0 Å². The second kappa shape index (κ2) is 6.68. The smallest absolute Gasteiger partial charge is 0.338 e. The van der Waals surface area contributed by atoms with Crippen LogP contribution in [0.5, 0.6) is 0 Å². The van der Waals surface area contributed by atoms with Crippen molar-refractivity contribution in [1.29, 1.82) is 0 Å². The number of aliphatic hydroxyl groups is 2. The Hall–Kier alpha value is -0.650. The zero-order valence-corrected chi connectivity index (χ0v) is 12.2. The lowest BCUT2D eigenvalue weighted by atomic mass is 9.78. The van der Waals surface area contributed by atoms with Crippen LogP contribution in [0.1, 0.15) is 46.0 Å². The van der Waals surface area contributed by atoms with Gasteiger partial charge in [-0.1, -0.05) is 13.3 Å². The molecule has 112 valence electrons. The number of hydrogen-bond donors (Lipinski definition) is 3. The molecule has 0 bridgehead atoms. The molecule has 1 unspecified atom stereocenters. The van der Waals surface area contributed by atoms with Gasteiger partial charge in [0.05, 0.1) is 12.7 Å². The molecule has 0 spiro atoms. The lowest BCUT2D eigenvalue weighted by Gasteiger charge is -2.36. The van der Waals surface area contributed by atoms with Gasteiger partial charge >= 0.3 is 5.97 Å². The van der Waals surface area contributed by atoms with Gasteiger partial charge in [-0.2, -0.15) is 0 Å². The van der Waals surface area contributed by atoms with Crippen molar-refractivity contribution < 1.29 is 19.7 Å². The van der Waals surface area contributed by atoms with Gasteiger partial charge < -0.3 is 20.3 Å². The Balaban J connectivity index is 2.35. The Kier molecular flexibility index (Phi) is 5.77. The predicted molar refractivity (Wildman–Crippen MR) is 72.7 cm³/mol. The minimum absolute atomic E-state index is 0.0825. The molecule has 1 aliphatic carbocycles. The number of carbonyl (C=O) groups is 1. The first-order valence-corrected chi connectivity index (χ1v) is 7.07. The van der Waals surface area contributed by atoms with E-state index in [0.29, 0.717) is 6.54 Å². The summed E-state index contributed by atoms with van der Waals surface area (Å²) >= 11 is 0. The fourth-order valence-corrected chi connectivity index (χ4v) is 2.63. The Morgan fingerprint density at radius 3 is 2.53 bits per heavy atom. The SMILES string of the molecule is CCC1CCC(O)(CNCC(C)(O)C(=O)OC)CC1. The van der Waals surface area contributed by atoms with Crippen LogP contribution in [0, 0.1) is 5.92 Å². The van der Waals surface area contributed by atoms with Crippen molar-refractivity contribution in [1.82, 2.24) is 5.32 Å². The third kappa shape index (κ3) is 4.75. The monoisotopic (exact) mass is 273 g/mol. The number of rotatable bonds is 6. The molecule has 3 N–H and O–H groups in total. The third-order valence-electron chi connectivity index (χ3n) is 4.16. The summed E-state index contributed by atoms with van der Waals surface area (Å²) in [5.74, 6) is 0.0557. The molecular formula is C14H27NO4. The van der Waals surface area contributed by atoms with Gasteiger partial charge in [0.15, 0.2) is 5.60 Å². The topological polar surface area (TPSA) is 78.8 Å². The fraction of sp³-hybridized carbons (Fsp3) is 0.929. The number of hydrogen-bond acceptors (Lipinski definition) is 5. The number of carbonyl (C=O) groups excluding carboxylic acids is 1. The number of ether oxygens (including phenoxy) is 1. The van der Waals surface area contributed by atoms with Gasteiger partial charge in [0.1, 0.15) is 0 Å². The summed E-state index contributed by atoms with van der Waals surface area (Å²) < 4.78 is 4.52. The molecule has 0 aromatic rings. The minimum Gasteiger partial charge on any atom is -0.467 e. The van der Waals surface area contributed by atoms with Gasteiger partial charge in [-0.15, -0.1) is 0 Å². The van der Waals surface area contributed by atoms with E-state index in [0.717, 1.165) is 31.6 Å². The van der Waals surface area contributed by atoms with Gasteiger partial charge in [0, 0.05) is 13.1 Å². The maximum Gasteiger partial charge on any atom is 0.338 e. The van der Waals surface area contributed by atoms with E-state index in [1.165, 1.54) is 20.5 Å². The normalized spacial score (nSPS) is 30.7. The van der Waals surface area contributed by atoms with E-state index >= 15 is 0 Å². The molecule has 0 amide bonds. The van der Waals surface area contributed by atoms with E-state index in [1.807, 2.05) is 0 Å². The summed E-state index contributed by atoms with van der Waals surface area (Å²) in [6.07, 6.45) is 4.81. The second-order valence-electron chi connectivity index (χ2n) is 5.94. The summed E-state index contributed by atoms with van der Waals surface area (Å²) in [5.41, 5.74) is -2.26. The largest absolute Gasteiger partial charge is 0.467 e. The van der Waals surface area contributed by atoms with Gasteiger partial charge in [0.2, 0.25) is 0 Å². The van der Waals surface area contributed by atoms with Gasteiger partial charge in [-0.25, -0.2) is 4.79 Å². The maximum absolute atomic E-state index is 11.3. The molecule has 1 rings (SSSR count). The number of methoxy groups -OCH3 is 1. The van der Waals surface area contributed by atoms with Crippen LogP contribution >= 0.6 is 0 Å². The van der Waals surface area contributed by atoms with Gasteiger partial charge in [-0.3, -0.25) is 0 Å². The zero-order valence-electron chi connectivity index (χ0n) is 12.2. The molecule has 1 aliphatic rings. The van der Waals surface area contributed by atoms with E-state index in [4.69, 9.17) is 0 Å². The van der Waals surface area contributed by atoms with Crippen molar-refractivity contribution >= 4 is 5.97 Å². The van der Waals surface area contributed by atoms with E-state index in [-0.39, 0.29) is 6.54 Å². The van der Waals surface area contributed by atoms with Crippen molar-refractivity contribution in [3.8, 4) is 0 Å². The first-order valence-electron chi connectivity index (χ1n) is 7.07. The highest BCUT2D eigenvalue weighted by atomic mass is 16.5. The fourth-order valence-electron chi connectivity index (χ4n) is 2.63. The van der Waals surface area contributed by atoms with Crippen LogP contribution in [0.3, 0.4) is 0 Å². The molecule has 0 saturated heterocycles. The Labute approximate surface area is 115 Å². The second-order valence-corrected chi connectivity index (χ2v) is 5.94. The highest BCUT2D eigenvalue weighted by Crippen LogP contribution is 2.33. The van der Waals surface area contributed by atoms with Crippen LogP contribution < -0.4 is 5.32 Å². The molecule has 0 aliphatic heterocycles. The molecule has 0 aromatic heterocycles. The number of nitrogens with one attached hydrogen (secondary N) is 1. The summed E-state index contributed by atoms with van der Waals surface area (Å²) in [6, 6.07) is 0. The van der Waals surface area contributed by atoms with Crippen molar-refractivity contribution in [3.05, 3.63) is 0 Å². The van der Waals surface area contributed by atoms with Crippen LogP contribution in [0.2, 0.25) is 0 Å². The Bertz CT molecular complexity index is 296. The third-order valence-corrected chi connectivity index (χ3v) is 4.16. The van der Waals surface area contributed by atoms with E-state index in [9.17, 15) is 15.0 Å². The zero-order chi connectivity index (χ0) is 14.5. The van der Waals surface area contributed by atoms with Crippen LogP contribution in [-0.2, 0) is 9.53 Å². The van der Waals surface area contributed by atoms with Crippen LogP contribution in [-0.4, -0.2) is 47.6 Å². The summed E-state index contributed by atoms with van der Waals surface area (Å²) in [5, 5.41) is 23.3. The first kappa shape index (κ1) is 16.4. The lowest BCUT2D eigenvalue weighted by Crippen LogP contribution is -2.50. The molecular weight excluding hydrogens is 246 g/mol. The highest BCUT2D eigenvalue weighted by Gasteiger charge is 2.35. The summed E-state index contributed by atoms with van der Waals surface area (Å²) in [4.78, 5) is 11.3. The van der Waals surface area contributed by atoms with Crippen molar-refractivity contribution in [2.75, 3.05) is 20.2 Å². The van der Waals surface area contributed by atoms with Crippen LogP contribution in [0.25, 0.3) is 0 Å². The molecule has 1 saturated carbocycles. The predicted octanol–water partition coefficient (Wildman–Crippen LogP) is 0.831. The molecule has 0 aromatic carbocycles. The van der Waals surface area contributed by atoms with Crippen molar-refractivity contribution in [3.63, 3.8) is 0 Å². The molecule has 1 fully saturated rings. The maximum atomic E-state index is 11.3. The molecule has 5 nitrogen and oxygen atoms in total. The quantitative estimate of drug-likeness (QED) is 0.625. The average molecular weight is 273 g/mol. The standard InChI is InChI=1S/C14H27NO4/c1-4-11-5-7-14(18,8-6-11)10-15-9-13(2,17)12(16)19-3/h11,15,17-18H,4-10H2,1-3H3. The number of esters is 1. The summed E-state index contributed by atoms with van der Waals surface area (Å²) in [6.45, 7) is 4.07. The van der Waals surface area contributed by atoms with E-state index in [2.05, 4.69) is 17.0 Å². The highest BCUT2D eigenvalue weighted by molar-refractivity contribution is 5.78. The van der Waals surface area contributed by atoms with Gasteiger partial charge in [0.25, 0.3) is 0 Å². The van der Waals surface area contributed by atoms with E-state index < -0.39 is 17.2 Å².